The number of Topliss-reactive ketones (excluding diaryl/α,β-unsaturated/α-hetero) is 1. The Morgan fingerprint density at radius 3 is 2.39 bits per heavy atom. The van der Waals surface area contributed by atoms with Gasteiger partial charge in [0.2, 0.25) is 11.6 Å². The third-order valence-electron chi connectivity index (χ3n) is 7.57. The van der Waals surface area contributed by atoms with Crippen molar-refractivity contribution in [1.82, 2.24) is 10.6 Å². The Kier molecular flexibility index (Phi) is 14.6. The topological polar surface area (TPSA) is 193 Å². The first-order valence-corrected chi connectivity index (χ1v) is 15.1. The zero-order valence-corrected chi connectivity index (χ0v) is 27.7. The van der Waals surface area contributed by atoms with Gasteiger partial charge in [-0.1, -0.05) is 52.0 Å². The third kappa shape index (κ3) is 10.8. The Balaban J connectivity index is 2.62. The van der Waals surface area contributed by atoms with Gasteiger partial charge in [0, 0.05) is 37.4 Å². The fourth-order valence-electron chi connectivity index (χ4n) is 5.10. The Hall–Kier alpha value is -4.07. The number of hydrogen-bond donors (Lipinski definition) is 4. The quantitative estimate of drug-likeness (QED) is 0.246. The van der Waals surface area contributed by atoms with Crippen molar-refractivity contribution in [3.8, 4) is 0 Å². The molecular formula is C33H47N3O10. The van der Waals surface area contributed by atoms with Gasteiger partial charge in [0.1, 0.15) is 6.10 Å². The summed E-state index contributed by atoms with van der Waals surface area (Å²) in [6.07, 6.45) is 2.06. The van der Waals surface area contributed by atoms with Gasteiger partial charge in [-0.05, 0) is 44.1 Å². The molecule has 46 heavy (non-hydrogen) atoms. The van der Waals surface area contributed by atoms with Crippen molar-refractivity contribution >= 4 is 29.7 Å². The number of alkyl carbamates (subject to hydrolysis) is 1. The summed E-state index contributed by atoms with van der Waals surface area (Å²) in [5.74, 6) is -2.79. The van der Waals surface area contributed by atoms with Crippen molar-refractivity contribution in [3.63, 3.8) is 0 Å². The van der Waals surface area contributed by atoms with Gasteiger partial charge >= 0.3 is 12.2 Å². The first-order chi connectivity index (χ1) is 21.6. The number of ketones is 2. The molecule has 0 aromatic carbocycles. The summed E-state index contributed by atoms with van der Waals surface area (Å²) in [6, 6.07) is 0. The van der Waals surface area contributed by atoms with E-state index in [1.54, 1.807) is 26.0 Å². The van der Waals surface area contributed by atoms with Gasteiger partial charge < -0.3 is 35.1 Å². The molecular weight excluding hydrogens is 598 g/mol. The molecule has 2 bridgehead atoms. The third-order valence-corrected chi connectivity index (χ3v) is 7.57. The molecule has 2 aliphatic rings. The van der Waals surface area contributed by atoms with Crippen LogP contribution in [0.5, 0.6) is 0 Å². The minimum absolute atomic E-state index is 0.00894. The van der Waals surface area contributed by atoms with Crippen LogP contribution in [-0.4, -0.2) is 80.0 Å². The number of fused-ring (bicyclic) bond motifs is 2. The second-order valence-electron chi connectivity index (χ2n) is 12.0. The molecule has 2 rings (SSSR count). The van der Waals surface area contributed by atoms with Crippen LogP contribution in [0.15, 0.2) is 58.5 Å². The number of carbonyl (C=O) groups excluding carboxylic acids is 5. The maximum absolute atomic E-state index is 13.7. The van der Waals surface area contributed by atoms with Gasteiger partial charge in [0.25, 0.3) is 5.91 Å². The number of allylic oxidation sites excluding steroid dienone is 4. The van der Waals surface area contributed by atoms with E-state index in [0.29, 0.717) is 5.57 Å². The van der Waals surface area contributed by atoms with Gasteiger partial charge in [0.15, 0.2) is 6.10 Å². The van der Waals surface area contributed by atoms with E-state index in [1.165, 1.54) is 33.3 Å². The van der Waals surface area contributed by atoms with Crippen LogP contribution in [0, 0.1) is 17.8 Å². The van der Waals surface area contributed by atoms with Crippen LogP contribution in [0.25, 0.3) is 0 Å². The molecule has 0 aromatic rings. The molecule has 0 spiro atoms. The van der Waals surface area contributed by atoms with Crippen molar-refractivity contribution in [2.24, 2.45) is 23.5 Å². The molecule has 5 N–H and O–H groups in total. The molecule has 6 atom stereocenters. The Labute approximate surface area is 269 Å². The smallest absolute Gasteiger partial charge is 0.411 e. The number of aliphatic hydroxyl groups is 1. The molecule has 13 nitrogen and oxygen atoms in total. The monoisotopic (exact) mass is 645 g/mol. The van der Waals surface area contributed by atoms with Crippen LogP contribution < -0.4 is 16.4 Å². The van der Waals surface area contributed by atoms with Gasteiger partial charge in [-0.25, -0.2) is 9.59 Å². The molecule has 0 fully saturated rings. The van der Waals surface area contributed by atoms with Crippen LogP contribution in [0.1, 0.15) is 54.4 Å². The van der Waals surface area contributed by atoms with E-state index in [0.717, 1.165) is 6.08 Å². The number of carbonyl (C=O) groups is 5. The average Bonchev–Trinajstić information content (AvgIpc) is 2.99. The molecule has 0 unspecified atom stereocenters. The summed E-state index contributed by atoms with van der Waals surface area (Å²) in [7, 11) is 2.86. The number of methoxy groups -OCH3 is 2. The van der Waals surface area contributed by atoms with Crippen LogP contribution in [0.3, 0.4) is 0 Å². The Morgan fingerprint density at radius 2 is 1.80 bits per heavy atom. The molecule has 1 aliphatic carbocycles. The lowest BCUT2D eigenvalue weighted by molar-refractivity contribution is -0.120. The van der Waals surface area contributed by atoms with Gasteiger partial charge in [-0.2, -0.15) is 0 Å². The van der Waals surface area contributed by atoms with Crippen molar-refractivity contribution in [3.05, 3.63) is 58.5 Å². The minimum atomic E-state index is -1.03. The summed E-state index contributed by atoms with van der Waals surface area (Å²) in [6.45, 7) is 10.6. The van der Waals surface area contributed by atoms with E-state index in [4.69, 9.17) is 24.7 Å². The van der Waals surface area contributed by atoms with E-state index in [1.807, 2.05) is 20.8 Å². The highest BCUT2D eigenvalue weighted by Crippen LogP contribution is 2.29. The van der Waals surface area contributed by atoms with Crippen LogP contribution in [-0.2, 0) is 33.3 Å². The van der Waals surface area contributed by atoms with Crippen LogP contribution in [0.2, 0.25) is 0 Å². The van der Waals surface area contributed by atoms with Gasteiger partial charge in [0.05, 0.1) is 30.2 Å². The predicted molar refractivity (Wildman–Crippen MR) is 169 cm³/mol. The van der Waals surface area contributed by atoms with Gasteiger partial charge in [-0.15, -0.1) is 0 Å². The summed E-state index contributed by atoms with van der Waals surface area (Å²) < 4.78 is 21.7. The number of aliphatic hydroxyl groups excluding tert-OH is 1. The van der Waals surface area contributed by atoms with Gasteiger partial charge in [-0.3, -0.25) is 19.7 Å². The number of primary amides is 1. The fraction of sp³-hybridized carbons (Fsp3) is 0.545. The summed E-state index contributed by atoms with van der Waals surface area (Å²) in [5.41, 5.74) is 5.57. The highest BCUT2D eigenvalue weighted by atomic mass is 16.6. The van der Waals surface area contributed by atoms with E-state index in [2.05, 4.69) is 10.6 Å². The lowest BCUT2D eigenvalue weighted by Gasteiger charge is -2.30. The predicted octanol–water partition coefficient (Wildman–Crippen LogP) is 3.14. The van der Waals surface area contributed by atoms with Crippen molar-refractivity contribution in [2.45, 2.75) is 78.8 Å². The normalized spacial score (nSPS) is 30.0. The number of nitrogens with one attached hydrogen (secondary N) is 2. The number of ether oxygens (including phenoxy) is 4. The number of rotatable bonds is 6. The lowest BCUT2D eigenvalue weighted by atomic mass is 9.85. The maximum atomic E-state index is 13.7. The minimum Gasteiger partial charge on any atom is -0.449 e. The molecule has 254 valence electrons. The Bertz CT molecular complexity index is 1330. The first-order valence-electron chi connectivity index (χ1n) is 15.1. The fourth-order valence-corrected chi connectivity index (χ4v) is 5.10. The number of nitrogens with two attached hydrogens (primary N) is 1. The molecule has 3 amide bonds. The van der Waals surface area contributed by atoms with E-state index in [-0.39, 0.29) is 53.8 Å². The average molecular weight is 646 g/mol. The standard InChI is InChI=1S/C33H47N3O10/c1-17(2)16-45-33(42)36-27-22-12-18(3)13-26(44-8)28(38)20(5)14-21(6)30(46-32(34)41)25(43-7)11-9-10-19(4)31(40)35-23(29(22)39)15-24(27)37/h9-11,14-15,17-18,20,25-26,28,30,38H,12-13,16H2,1-8H3,(H2,34,41)(H,35,40)(H,36,42)/b11-9-,19-10+,21-14+/t18-,20+,25+,26+,28-,30+/m1/s1. The zero-order chi connectivity index (χ0) is 34.7. The lowest BCUT2D eigenvalue weighted by Crippen LogP contribution is -2.39. The molecule has 1 aliphatic heterocycles. The number of hydrogen-bond acceptors (Lipinski definition) is 10. The molecule has 1 heterocycles. The highest BCUT2D eigenvalue weighted by Gasteiger charge is 2.34. The first kappa shape index (κ1) is 38.1. The van der Waals surface area contributed by atoms with E-state index < -0.39 is 60.0 Å². The molecule has 0 saturated carbocycles. The van der Waals surface area contributed by atoms with E-state index in [9.17, 15) is 29.1 Å². The van der Waals surface area contributed by atoms with Crippen molar-refractivity contribution in [1.29, 1.82) is 0 Å². The summed E-state index contributed by atoms with van der Waals surface area (Å²) >= 11 is 0. The van der Waals surface area contributed by atoms with Crippen molar-refractivity contribution in [2.75, 3.05) is 20.8 Å². The summed E-state index contributed by atoms with van der Waals surface area (Å²) in [4.78, 5) is 64.3. The van der Waals surface area contributed by atoms with Crippen LogP contribution in [0.4, 0.5) is 9.59 Å². The van der Waals surface area contributed by atoms with Crippen molar-refractivity contribution < 1.29 is 48.0 Å². The second-order valence-corrected chi connectivity index (χ2v) is 12.0. The maximum Gasteiger partial charge on any atom is 0.411 e. The SMILES string of the molecule is CO[C@H]1/C=C\C=C(/C)C(=O)NC2=CC(=O)C(NC(=O)OCC(C)C)=C(C[C@@H](C)C[C@H](OC)[C@H](O)[C@@H](C)/C=C(\C)[C@@H]1OC(N)=O)C2=O. The highest BCUT2D eigenvalue weighted by molar-refractivity contribution is 6.24. The van der Waals surface area contributed by atoms with E-state index >= 15 is 0 Å². The zero-order valence-electron chi connectivity index (χ0n) is 27.7. The largest absolute Gasteiger partial charge is 0.449 e. The molecule has 0 radical (unpaired) electrons. The summed E-state index contributed by atoms with van der Waals surface area (Å²) in [5, 5.41) is 16.2. The molecule has 13 heteroatoms. The number of amides is 3. The Morgan fingerprint density at radius 1 is 1.13 bits per heavy atom. The second kappa shape index (κ2) is 17.6. The van der Waals surface area contributed by atoms with Crippen LogP contribution >= 0.6 is 0 Å². The molecule has 0 saturated heterocycles. The molecule has 0 aromatic heterocycles.